The Hall–Kier alpha value is -0.830. The summed E-state index contributed by atoms with van der Waals surface area (Å²) in [7, 11) is 0. The predicted molar refractivity (Wildman–Crippen MR) is 80.4 cm³/mol. The summed E-state index contributed by atoms with van der Waals surface area (Å²) in [6.45, 7) is 2.17. The second-order valence-corrected chi connectivity index (χ2v) is 7.32. The molecule has 0 amide bonds. The van der Waals surface area contributed by atoms with Crippen LogP contribution in [-0.4, -0.2) is 16.3 Å². The summed E-state index contributed by atoms with van der Waals surface area (Å²) in [5, 5.41) is 8.45. The van der Waals surface area contributed by atoms with E-state index in [1.807, 2.05) is 0 Å². The molecule has 0 aliphatic heterocycles. The third kappa shape index (κ3) is 2.65. The van der Waals surface area contributed by atoms with Crippen LogP contribution in [0.5, 0.6) is 0 Å². The lowest BCUT2D eigenvalue weighted by Crippen LogP contribution is -2.25. The van der Waals surface area contributed by atoms with Crippen molar-refractivity contribution >= 4 is 0 Å². The van der Waals surface area contributed by atoms with Gasteiger partial charge in [0.1, 0.15) is 0 Å². The second kappa shape index (κ2) is 5.18. The Bertz CT molecular complexity index is 451. The first-order chi connectivity index (χ1) is 9.86. The normalized spacial score (nSPS) is 25.8. The monoisotopic (exact) mass is 273 g/mol. The highest BCUT2D eigenvalue weighted by Gasteiger charge is 2.53. The molecule has 1 N–H and O–H groups in total. The van der Waals surface area contributed by atoms with Gasteiger partial charge in [-0.3, -0.25) is 4.68 Å². The average Bonchev–Trinajstić information content (AvgIpc) is 3.39. The molecule has 0 atom stereocenters. The summed E-state index contributed by atoms with van der Waals surface area (Å²) in [5.41, 5.74) is 1.92. The van der Waals surface area contributed by atoms with Crippen molar-refractivity contribution in [3.8, 4) is 0 Å². The minimum absolute atomic E-state index is 0.665. The summed E-state index contributed by atoms with van der Waals surface area (Å²) in [4.78, 5) is 0. The molecule has 3 heteroatoms. The van der Waals surface area contributed by atoms with Crippen molar-refractivity contribution < 1.29 is 0 Å². The van der Waals surface area contributed by atoms with Crippen LogP contribution >= 0.6 is 0 Å². The van der Waals surface area contributed by atoms with Crippen LogP contribution in [0.2, 0.25) is 0 Å². The van der Waals surface area contributed by atoms with Gasteiger partial charge in [-0.15, -0.1) is 0 Å². The molecule has 1 aromatic rings. The topological polar surface area (TPSA) is 29.9 Å². The van der Waals surface area contributed by atoms with Crippen LogP contribution in [-0.2, 0) is 6.54 Å². The molecule has 110 valence electrons. The van der Waals surface area contributed by atoms with Crippen molar-refractivity contribution in [1.82, 2.24) is 15.1 Å². The van der Waals surface area contributed by atoms with E-state index in [-0.39, 0.29) is 0 Å². The lowest BCUT2D eigenvalue weighted by Gasteiger charge is -2.21. The van der Waals surface area contributed by atoms with E-state index in [1.54, 1.807) is 0 Å². The molecular weight excluding hydrogens is 246 g/mol. The average molecular weight is 273 g/mol. The van der Waals surface area contributed by atoms with Gasteiger partial charge in [0.25, 0.3) is 0 Å². The Balaban J connectivity index is 1.27. The Morgan fingerprint density at radius 1 is 1.15 bits per heavy atom. The zero-order valence-corrected chi connectivity index (χ0v) is 12.5. The van der Waals surface area contributed by atoms with E-state index in [9.17, 15) is 0 Å². The maximum atomic E-state index is 4.79. The van der Waals surface area contributed by atoms with Gasteiger partial charge in [-0.05, 0) is 55.9 Å². The van der Waals surface area contributed by atoms with Gasteiger partial charge >= 0.3 is 0 Å². The second-order valence-electron chi connectivity index (χ2n) is 7.32. The van der Waals surface area contributed by atoms with Gasteiger partial charge in [0, 0.05) is 19.3 Å². The third-order valence-electron chi connectivity index (χ3n) is 5.73. The van der Waals surface area contributed by atoms with E-state index in [0.29, 0.717) is 11.5 Å². The molecule has 0 saturated heterocycles. The third-order valence-corrected chi connectivity index (χ3v) is 5.73. The van der Waals surface area contributed by atoms with Crippen molar-refractivity contribution in [1.29, 1.82) is 0 Å². The number of aromatic nitrogens is 2. The van der Waals surface area contributed by atoms with Crippen LogP contribution < -0.4 is 5.32 Å². The van der Waals surface area contributed by atoms with Crippen LogP contribution in [0.15, 0.2) is 12.3 Å². The van der Waals surface area contributed by atoms with Gasteiger partial charge in [0.2, 0.25) is 0 Å². The van der Waals surface area contributed by atoms with E-state index in [1.165, 1.54) is 70.0 Å². The van der Waals surface area contributed by atoms with Gasteiger partial charge in [-0.1, -0.05) is 19.3 Å². The Kier molecular flexibility index (Phi) is 3.33. The van der Waals surface area contributed by atoms with Crippen LogP contribution in [0.4, 0.5) is 0 Å². The number of hydrogen-bond acceptors (Lipinski definition) is 2. The van der Waals surface area contributed by atoms with Crippen molar-refractivity contribution in [3.05, 3.63) is 18.0 Å². The van der Waals surface area contributed by atoms with Gasteiger partial charge < -0.3 is 5.32 Å². The lowest BCUT2D eigenvalue weighted by atomic mass is 9.96. The molecule has 20 heavy (non-hydrogen) atoms. The highest BCUT2D eigenvalue weighted by molar-refractivity contribution is 5.06. The largest absolute Gasteiger partial charge is 0.311 e. The van der Waals surface area contributed by atoms with Crippen molar-refractivity contribution in [2.75, 3.05) is 6.54 Å². The molecule has 0 unspecified atom stereocenters. The van der Waals surface area contributed by atoms with E-state index < -0.39 is 0 Å². The summed E-state index contributed by atoms with van der Waals surface area (Å²) in [6.07, 6.45) is 14.9. The first-order valence-corrected chi connectivity index (χ1v) is 8.61. The SMILES string of the molecule is c1cn(C2CCCCC2)nc1CNCC1(C2CC2)CC1. The van der Waals surface area contributed by atoms with E-state index in [2.05, 4.69) is 22.3 Å². The van der Waals surface area contributed by atoms with Gasteiger partial charge in [-0.2, -0.15) is 5.10 Å². The van der Waals surface area contributed by atoms with Crippen LogP contribution in [0.1, 0.15) is 69.5 Å². The molecule has 3 aliphatic rings. The summed E-state index contributed by atoms with van der Waals surface area (Å²) < 4.78 is 2.23. The fourth-order valence-electron chi connectivity index (χ4n) is 4.05. The zero-order valence-electron chi connectivity index (χ0n) is 12.5. The molecule has 4 rings (SSSR count). The van der Waals surface area contributed by atoms with Gasteiger partial charge in [-0.25, -0.2) is 0 Å². The molecular formula is C17H27N3. The minimum atomic E-state index is 0.665. The molecule has 3 fully saturated rings. The number of nitrogens with zero attached hydrogens (tertiary/aromatic N) is 2. The van der Waals surface area contributed by atoms with Gasteiger partial charge in [0.15, 0.2) is 0 Å². The van der Waals surface area contributed by atoms with Crippen LogP contribution in [0.3, 0.4) is 0 Å². The Morgan fingerprint density at radius 2 is 1.95 bits per heavy atom. The summed E-state index contributed by atoms with van der Waals surface area (Å²) in [6, 6.07) is 2.87. The standard InChI is InChI=1S/C17H27N3/c1-2-4-16(5-3-1)20-11-8-15(19-20)12-18-13-17(9-10-17)14-6-7-14/h8,11,14,16,18H,1-7,9-10,12-13H2. The highest BCUT2D eigenvalue weighted by Crippen LogP contribution is 2.60. The van der Waals surface area contributed by atoms with Crippen molar-refractivity contribution in [3.63, 3.8) is 0 Å². The fourth-order valence-corrected chi connectivity index (χ4v) is 4.05. The number of rotatable bonds is 6. The van der Waals surface area contributed by atoms with E-state index >= 15 is 0 Å². The van der Waals surface area contributed by atoms with Crippen molar-refractivity contribution in [2.45, 2.75) is 70.4 Å². The fraction of sp³-hybridized carbons (Fsp3) is 0.824. The predicted octanol–water partition coefficient (Wildman–Crippen LogP) is 3.67. The Morgan fingerprint density at radius 3 is 2.65 bits per heavy atom. The van der Waals surface area contributed by atoms with E-state index in [0.717, 1.165) is 12.5 Å². The maximum Gasteiger partial charge on any atom is 0.0762 e. The summed E-state index contributed by atoms with van der Waals surface area (Å²) in [5.74, 6) is 1.05. The molecule has 0 spiro atoms. The maximum absolute atomic E-state index is 4.79. The van der Waals surface area contributed by atoms with Gasteiger partial charge in [0.05, 0.1) is 11.7 Å². The molecule has 3 nitrogen and oxygen atoms in total. The smallest absolute Gasteiger partial charge is 0.0762 e. The summed E-state index contributed by atoms with van der Waals surface area (Å²) >= 11 is 0. The first kappa shape index (κ1) is 12.9. The van der Waals surface area contributed by atoms with Crippen molar-refractivity contribution in [2.24, 2.45) is 11.3 Å². The quantitative estimate of drug-likeness (QED) is 0.857. The molecule has 0 radical (unpaired) electrons. The van der Waals surface area contributed by atoms with Crippen LogP contribution in [0.25, 0.3) is 0 Å². The molecule has 3 saturated carbocycles. The molecule has 3 aliphatic carbocycles. The van der Waals surface area contributed by atoms with Crippen LogP contribution in [0, 0.1) is 11.3 Å². The number of nitrogens with one attached hydrogen (secondary N) is 1. The molecule has 0 bridgehead atoms. The van der Waals surface area contributed by atoms with E-state index in [4.69, 9.17) is 5.10 Å². The number of hydrogen-bond donors (Lipinski definition) is 1. The highest BCUT2D eigenvalue weighted by atomic mass is 15.3. The molecule has 1 aromatic heterocycles. The first-order valence-electron chi connectivity index (χ1n) is 8.61. The molecule has 0 aromatic carbocycles. The lowest BCUT2D eigenvalue weighted by molar-refractivity contribution is 0.327. The minimum Gasteiger partial charge on any atom is -0.311 e. The zero-order chi connectivity index (χ0) is 13.4. The molecule has 1 heterocycles. The Labute approximate surface area is 122 Å².